The van der Waals surface area contributed by atoms with Gasteiger partial charge in [-0.15, -0.1) is 0 Å². The van der Waals surface area contributed by atoms with Crippen molar-refractivity contribution in [1.29, 1.82) is 0 Å². The summed E-state index contributed by atoms with van der Waals surface area (Å²) in [6.45, 7) is 0. The van der Waals surface area contributed by atoms with Crippen LogP contribution in [0.4, 0.5) is 4.39 Å². The molecule has 0 aliphatic rings. The third kappa shape index (κ3) is 2.55. The molecule has 0 saturated heterocycles. The molecule has 0 radical (unpaired) electrons. The van der Waals surface area contributed by atoms with Crippen molar-refractivity contribution in [2.45, 2.75) is 0 Å². The van der Waals surface area contributed by atoms with Crippen molar-refractivity contribution < 1.29 is 4.39 Å². The van der Waals surface area contributed by atoms with Gasteiger partial charge in [0.25, 0.3) is 0 Å². The summed E-state index contributed by atoms with van der Waals surface area (Å²) in [6, 6.07) is 14.3. The summed E-state index contributed by atoms with van der Waals surface area (Å²) in [4.78, 5) is 8.93. The lowest BCUT2D eigenvalue weighted by molar-refractivity contribution is 0.628. The lowest BCUT2D eigenvalue weighted by Crippen LogP contribution is -1.96. The van der Waals surface area contributed by atoms with Gasteiger partial charge in [-0.2, -0.15) is 5.10 Å². The average molecular weight is 375 g/mol. The Morgan fingerprint density at radius 2 is 1.78 bits per heavy atom. The van der Waals surface area contributed by atoms with Gasteiger partial charge in [-0.25, -0.2) is 13.9 Å². The Kier molecular flexibility index (Phi) is 3.62. The van der Waals surface area contributed by atoms with Crippen LogP contribution in [0.3, 0.4) is 0 Å². The van der Waals surface area contributed by atoms with Crippen molar-refractivity contribution in [3.63, 3.8) is 0 Å². The second kappa shape index (κ2) is 6.14. The van der Waals surface area contributed by atoms with Crippen molar-refractivity contribution in [2.75, 3.05) is 0 Å². The minimum atomic E-state index is -0.381. The number of pyridine rings is 1. The minimum absolute atomic E-state index is 0.316. The fourth-order valence-electron chi connectivity index (χ4n) is 3.32. The van der Waals surface area contributed by atoms with Crippen LogP contribution in [0.25, 0.3) is 38.8 Å². The van der Waals surface area contributed by atoms with Crippen LogP contribution in [-0.4, -0.2) is 19.6 Å². The van der Waals surface area contributed by atoms with E-state index in [9.17, 15) is 4.39 Å². The molecule has 0 bridgehead atoms. The number of halogens is 2. The van der Waals surface area contributed by atoms with E-state index >= 15 is 0 Å². The highest BCUT2D eigenvalue weighted by Gasteiger charge is 2.15. The summed E-state index contributed by atoms with van der Waals surface area (Å²) in [5.74, 6) is -0.381. The predicted molar refractivity (Wildman–Crippen MR) is 104 cm³/mol. The van der Waals surface area contributed by atoms with E-state index < -0.39 is 0 Å². The van der Waals surface area contributed by atoms with Crippen molar-refractivity contribution in [2.24, 2.45) is 0 Å². The number of rotatable bonds is 2. The maximum atomic E-state index is 13.4. The fraction of sp³-hybridized carbons (Fsp3) is 0. The summed E-state index contributed by atoms with van der Waals surface area (Å²) in [6.07, 6.45) is 7.08. The lowest BCUT2D eigenvalue weighted by atomic mass is 10.0. The van der Waals surface area contributed by atoms with Crippen LogP contribution >= 0.6 is 11.6 Å². The number of aromatic nitrogens is 4. The molecule has 0 unspecified atom stereocenters. The Hall–Kier alpha value is -3.31. The van der Waals surface area contributed by atoms with Crippen LogP contribution in [-0.2, 0) is 0 Å². The first kappa shape index (κ1) is 15.9. The third-order valence-electron chi connectivity index (χ3n) is 4.57. The van der Waals surface area contributed by atoms with Crippen LogP contribution < -0.4 is 0 Å². The standard InChI is InChI=1S/C21H12ClFN4/c22-19-9-14(23)5-6-17(19)20-12-25-21-16(7-8-26-27(20)21)18-11-24-10-13-3-1-2-4-15(13)18/h1-12H. The second-order valence-electron chi connectivity index (χ2n) is 6.16. The van der Waals surface area contributed by atoms with E-state index in [4.69, 9.17) is 11.6 Å². The van der Waals surface area contributed by atoms with Gasteiger partial charge in [0.15, 0.2) is 5.65 Å². The molecule has 27 heavy (non-hydrogen) atoms. The summed E-state index contributed by atoms with van der Waals surface area (Å²) >= 11 is 6.24. The molecule has 0 spiro atoms. The highest BCUT2D eigenvalue weighted by atomic mass is 35.5. The molecule has 3 heterocycles. The zero-order valence-electron chi connectivity index (χ0n) is 14.0. The Morgan fingerprint density at radius 1 is 0.889 bits per heavy atom. The average Bonchev–Trinajstić information content (AvgIpc) is 3.12. The molecule has 0 atom stereocenters. The van der Waals surface area contributed by atoms with E-state index in [1.54, 1.807) is 23.0 Å². The molecule has 130 valence electrons. The zero-order valence-corrected chi connectivity index (χ0v) is 14.7. The summed E-state index contributed by atoms with van der Waals surface area (Å²) in [5, 5.41) is 6.89. The molecule has 3 aromatic heterocycles. The SMILES string of the molecule is Fc1ccc(-c2cnc3c(-c4cncc5ccccc45)ccnn23)c(Cl)c1. The number of hydrogen-bond donors (Lipinski definition) is 0. The van der Waals surface area contributed by atoms with E-state index in [0.29, 0.717) is 21.9 Å². The second-order valence-corrected chi connectivity index (χ2v) is 6.56. The van der Waals surface area contributed by atoms with Gasteiger partial charge in [-0.1, -0.05) is 35.9 Å². The molecule has 5 aromatic rings. The number of nitrogens with zero attached hydrogens (tertiary/aromatic N) is 4. The Morgan fingerprint density at radius 3 is 2.67 bits per heavy atom. The number of imidazole rings is 1. The molecule has 0 fully saturated rings. The van der Waals surface area contributed by atoms with Gasteiger partial charge in [0, 0.05) is 40.7 Å². The van der Waals surface area contributed by atoms with Gasteiger partial charge >= 0.3 is 0 Å². The minimum Gasteiger partial charge on any atom is -0.263 e. The van der Waals surface area contributed by atoms with E-state index in [1.807, 2.05) is 36.7 Å². The largest absolute Gasteiger partial charge is 0.263 e. The molecule has 6 heteroatoms. The Balaban J connectivity index is 1.77. The van der Waals surface area contributed by atoms with Gasteiger partial charge in [0.05, 0.1) is 16.9 Å². The maximum Gasteiger partial charge on any atom is 0.162 e. The normalized spacial score (nSPS) is 11.3. The monoisotopic (exact) mass is 374 g/mol. The first-order chi connectivity index (χ1) is 13.2. The summed E-state index contributed by atoms with van der Waals surface area (Å²) in [7, 11) is 0. The van der Waals surface area contributed by atoms with Crippen molar-refractivity contribution >= 4 is 28.0 Å². The van der Waals surface area contributed by atoms with Gasteiger partial charge in [0.2, 0.25) is 0 Å². The molecule has 4 nitrogen and oxygen atoms in total. The molecule has 0 saturated carbocycles. The van der Waals surface area contributed by atoms with Crippen LogP contribution in [0.1, 0.15) is 0 Å². The molecular weight excluding hydrogens is 363 g/mol. The third-order valence-corrected chi connectivity index (χ3v) is 4.88. The predicted octanol–water partition coefficient (Wildman–Crippen LogP) is 5.40. The van der Waals surface area contributed by atoms with Crippen molar-refractivity contribution in [1.82, 2.24) is 19.6 Å². The van der Waals surface area contributed by atoms with E-state index in [-0.39, 0.29) is 5.82 Å². The topological polar surface area (TPSA) is 43.1 Å². The van der Waals surface area contributed by atoms with Crippen LogP contribution in [0, 0.1) is 5.82 Å². The fourth-order valence-corrected chi connectivity index (χ4v) is 3.58. The summed E-state index contributed by atoms with van der Waals surface area (Å²) in [5.41, 5.74) is 3.95. The first-order valence-electron chi connectivity index (χ1n) is 8.33. The number of hydrogen-bond acceptors (Lipinski definition) is 3. The van der Waals surface area contributed by atoms with Crippen LogP contribution in [0.2, 0.25) is 5.02 Å². The van der Waals surface area contributed by atoms with Gasteiger partial charge < -0.3 is 0 Å². The maximum absolute atomic E-state index is 13.4. The lowest BCUT2D eigenvalue weighted by Gasteiger charge is -2.08. The highest BCUT2D eigenvalue weighted by Crippen LogP contribution is 2.33. The van der Waals surface area contributed by atoms with E-state index in [1.165, 1.54) is 12.1 Å². The molecule has 0 N–H and O–H groups in total. The van der Waals surface area contributed by atoms with Gasteiger partial charge in [-0.3, -0.25) is 4.98 Å². The molecule has 0 amide bonds. The Bertz CT molecular complexity index is 1310. The van der Waals surface area contributed by atoms with Crippen molar-refractivity contribution in [3.8, 4) is 22.4 Å². The van der Waals surface area contributed by atoms with Crippen LogP contribution in [0.5, 0.6) is 0 Å². The number of benzene rings is 2. The number of fused-ring (bicyclic) bond motifs is 2. The first-order valence-corrected chi connectivity index (χ1v) is 8.71. The molecule has 2 aromatic carbocycles. The highest BCUT2D eigenvalue weighted by molar-refractivity contribution is 6.33. The smallest absolute Gasteiger partial charge is 0.162 e. The van der Waals surface area contributed by atoms with Gasteiger partial charge in [0.1, 0.15) is 5.82 Å². The molecule has 5 rings (SSSR count). The summed E-state index contributed by atoms with van der Waals surface area (Å²) < 4.78 is 15.1. The van der Waals surface area contributed by atoms with Crippen molar-refractivity contribution in [3.05, 3.63) is 84.2 Å². The van der Waals surface area contributed by atoms with Gasteiger partial charge in [-0.05, 0) is 29.7 Å². The molecular formula is C21H12ClFN4. The van der Waals surface area contributed by atoms with E-state index in [2.05, 4.69) is 21.1 Å². The molecule has 0 aliphatic carbocycles. The van der Waals surface area contributed by atoms with E-state index in [0.717, 1.165) is 21.9 Å². The van der Waals surface area contributed by atoms with Crippen LogP contribution in [0.15, 0.2) is 73.3 Å². The Labute approximate surface area is 158 Å². The zero-order chi connectivity index (χ0) is 18.4. The quantitative estimate of drug-likeness (QED) is 0.415. The molecule has 0 aliphatic heterocycles.